The van der Waals surface area contributed by atoms with Crippen LogP contribution in [0.5, 0.6) is 0 Å². The van der Waals surface area contributed by atoms with Crippen LogP contribution in [0.2, 0.25) is 0 Å². The van der Waals surface area contributed by atoms with Crippen molar-refractivity contribution in [1.82, 2.24) is 24.5 Å². The molecule has 6 aromatic rings. The summed E-state index contributed by atoms with van der Waals surface area (Å²) in [5.41, 5.74) is 8.68. The van der Waals surface area contributed by atoms with Crippen molar-refractivity contribution in [3.05, 3.63) is 212 Å². The molecule has 16 rings (SSSR count). The van der Waals surface area contributed by atoms with Crippen molar-refractivity contribution in [2.45, 2.75) is 93.1 Å². The third-order valence-electron chi connectivity index (χ3n) is 13.7. The summed E-state index contributed by atoms with van der Waals surface area (Å²) >= 11 is 0. The monoisotopic (exact) mass is 968 g/mol. The van der Waals surface area contributed by atoms with Crippen LogP contribution in [0.15, 0.2) is 146 Å². The van der Waals surface area contributed by atoms with Crippen LogP contribution in [0, 0.1) is 4.91 Å². The van der Waals surface area contributed by atoms with Gasteiger partial charge in [-0.1, -0.05) is 79.7 Å². The predicted molar refractivity (Wildman–Crippen MR) is 282 cm³/mol. The molecule has 0 saturated heterocycles. The average molecular weight is 968 g/mol. The molecule has 372 valence electrons. The number of rotatable bonds is 6. The molecule has 10 aliphatic rings. The Hall–Kier alpha value is -7.73. The Morgan fingerprint density at radius 2 is 0.542 bits per heavy atom. The lowest BCUT2D eigenvalue weighted by molar-refractivity contribution is -0.506. The van der Waals surface area contributed by atoms with Crippen LogP contribution in [0.4, 0.5) is 5.69 Å². The number of carbonyl (C=O) groups excluding carboxylic acids is 5. The van der Waals surface area contributed by atoms with Gasteiger partial charge in [-0.2, -0.15) is 0 Å². The van der Waals surface area contributed by atoms with Gasteiger partial charge in [0.05, 0.1) is 0 Å². The van der Waals surface area contributed by atoms with E-state index in [9.17, 15) is 28.9 Å². The van der Waals surface area contributed by atoms with E-state index in [-0.39, 0.29) is 35.6 Å². The van der Waals surface area contributed by atoms with E-state index in [1.165, 1.54) is 0 Å². The van der Waals surface area contributed by atoms with Gasteiger partial charge >= 0.3 is 0 Å². The highest BCUT2D eigenvalue weighted by Crippen LogP contribution is 2.23. The first-order valence-corrected chi connectivity index (χ1v) is 25.3. The summed E-state index contributed by atoms with van der Waals surface area (Å²) < 4.78 is 1.05. The molecule has 0 aliphatic carbocycles. The second-order valence-corrected chi connectivity index (χ2v) is 18.3. The number of nitrogens with zero attached hydrogens (tertiary/aromatic N) is 6. The highest BCUT2D eigenvalue weighted by molar-refractivity contribution is 5.97. The number of nitroso groups, excluding NO2 is 1. The maximum atomic E-state index is 13.8. The first-order chi connectivity index (χ1) is 34.9. The SMILES string of the molecule is CCC1Cc2ccc(cc2)C(=O)N(CC)Cc2ccc(cc2)C(=O)N(CC)Cc2ccc(cc2)C(=O)N(CC)Cc2ccc(cc2)C(=O)N(CC)Cc2ccc(cc2)C(=O)N(CC)Cc2ccc(cc2)[N+]1=O. The number of amides is 5. The minimum atomic E-state index is -0.334. The minimum Gasteiger partial charge on any atom is -0.335 e. The zero-order valence-electron chi connectivity index (χ0n) is 42.6. The minimum absolute atomic E-state index is 0.109. The highest BCUT2D eigenvalue weighted by Gasteiger charge is 2.28. The highest BCUT2D eigenvalue weighted by atomic mass is 16.3. The second kappa shape index (κ2) is 24.4. The Morgan fingerprint density at radius 3 is 0.750 bits per heavy atom. The van der Waals surface area contributed by atoms with Crippen molar-refractivity contribution in [2.24, 2.45) is 0 Å². The van der Waals surface area contributed by atoms with E-state index in [1.54, 1.807) is 85.2 Å². The van der Waals surface area contributed by atoms with Crippen LogP contribution in [0.1, 0.15) is 133 Å². The van der Waals surface area contributed by atoms with E-state index < -0.39 is 0 Å². The number of hydrogen-bond donors (Lipinski definition) is 0. The molecule has 72 heavy (non-hydrogen) atoms. The van der Waals surface area contributed by atoms with Crippen LogP contribution >= 0.6 is 0 Å². The van der Waals surface area contributed by atoms with Crippen LogP contribution < -0.4 is 0 Å². The second-order valence-electron chi connectivity index (χ2n) is 18.3. The molecule has 0 N–H and O–H groups in total. The first-order valence-electron chi connectivity index (χ1n) is 25.3. The van der Waals surface area contributed by atoms with E-state index in [4.69, 9.17) is 0 Å². The molecule has 12 heteroatoms. The largest absolute Gasteiger partial charge is 0.335 e. The summed E-state index contributed by atoms with van der Waals surface area (Å²) in [6.07, 6.45) is 1.11. The third kappa shape index (κ3) is 12.6. The van der Waals surface area contributed by atoms with E-state index in [0.717, 1.165) is 38.1 Å². The molecule has 5 amide bonds. The maximum Gasteiger partial charge on any atom is 0.256 e. The van der Waals surface area contributed by atoms with Crippen molar-refractivity contribution < 1.29 is 28.7 Å². The maximum absolute atomic E-state index is 13.8. The van der Waals surface area contributed by atoms with Crippen molar-refractivity contribution in [3.8, 4) is 0 Å². The van der Waals surface area contributed by atoms with Crippen LogP contribution in [0.25, 0.3) is 0 Å². The summed E-state index contributed by atoms with van der Waals surface area (Å²) in [5, 5.41) is 0. The quantitative estimate of drug-likeness (QED) is 0.153. The van der Waals surface area contributed by atoms with Crippen molar-refractivity contribution in [2.75, 3.05) is 32.7 Å². The molecule has 1 atom stereocenters. The Labute approximate surface area is 424 Å². The van der Waals surface area contributed by atoms with Crippen LogP contribution in [-0.4, -0.2) is 97.6 Å². The number of benzene rings is 6. The van der Waals surface area contributed by atoms with Crippen LogP contribution in [-0.2, 0) is 39.1 Å². The molecule has 0 aromatic heterocycles. The molecular formula is C60H67N6O6+. The van der Waals surface area contributed by atoms with Gasteiger partial charge in [0.1, 0.15) is 0 Å². The molecule has 0 saturated carbocycles. The number of carbonyl (C=O) groups is 5. The summed E-state index contributed by atoms with van der Waals surface area (Å²) in [7, 11) is 0. The lowest BCUT2D eigenvalue weighted by Crippen LogP contribution is -2.31. The topological polar surface area (TPSA) is 122 Å². The molecule has 0 spiro atoms. The van der Waals surface area contributed by atoms with Gasteiger partial charge in [-0.3, -0.25) is 24.0 Å². The van der Waals surface area contributed by atoms with Crippen molar-refractivity contribution in [1.29, 1.82) is 0 Å². The van der Waals surface area contributed by atoms with Gasteiger partial charge in [-0.05, 0) is 129 Å². The Morgan fingerprint density at radius 1 is 0.333 bits per heavy atom. The van der Waals surface area contributed by atoms with Crippen molar-refractivity contribution in [3.63, 3.8) is 0 Å². The normalized spacial score (nSPS) is 16.1. The number of hydrogen-bond acceptors (Lipinski definition) is 6. The van der Waals surface area contributed by atoms with Gasteiger partial charge in [-0.15, -0.1) is 0 Å². The fourth-order valence-corrected chi connectivity index (χ4v) is 9.07. The lowest BCUT2D eigenvalue weighted by atomic mass is 10.0. The van der Waals surface area contributed by atoms with E-state index in [2.05, 4.69) is 0 Å². The Kier molecular flexibility index (Phi) is 17.7. The average Bonchev–Trinajstić information content (AvgIpc) is 3.42. The van der Waals surface area contributed by atoms with Gasteiger partial charge in [0.25, 0.3) is 35.2 Å². The van der Waals surface area contributed by atoms with Gasteiger partial charge in [0.15, 0.2) is 0 Å². The molecule has 0 radical (unpaired) electrons. The Bertz CT molecular complexity index is 2320. The summed E-state index contributed by atoms with van der Waals surface area (Å²) in [4.78, 5) is 91.4. The fourth-order valence-electron chi connectivity index (χ4n) is 9.07. The fraction of sp³-hybridized carbons (Fsp3) is 0.317. The van der Waals surface area contributed by atoms with Gasteiger partial charge in [0.2, 0.25) is 6.04 Å². The molecule has 10 aliphatic heterocycles. The van der Waals surface area contributed by atoms with E-state index in [1.807, 2.05) is 126 Å². The molecule has 0 fully saturated rings. The molecule has 1 unspecified atom stereocenters. The standard InChI is InChI=1S/C60H67N6O6/c1-7-54-37-43-13-25-49(26-14-43)56(67)61(8-2)38-44-15-27-50(28-16-44)57(68)62(9-3)39-45-17-29-51(30-18-45)58(69)63(10-4)40-46-19-31-52(32-20-46)59(70)64(11-5)41-47-21-33-53(34-22-47)60(71)65(12-6)42-48-23-35-55(36-24-48)66(54)72/h13-36,54H,7-12,37-42H2,1-6H3/q+1. The summed E-state index contributed by atoms with van der Waals surface area (Å²) in [6, 6.07) is 44.1. The van der Waals surface area contributed by atoms with Crippen molar-refractivity contribution >= 4 is 35.2 Å². The predicted octanol–water partition coefficient (Wildman–Crippen LogP) is 10.7. The smallest absolute Gasteiger partial charge is 0.256 e. The van der Waals surface area contributed by atoms with Gasteiger partial charge in [0, 0.05) is 128 Å². The molecule has 12 nitrogen and oxygen atoms in total. The Balaban J connectivity index is 1.12. The first kappa shape index (κ1) is 52.1. The van der Waals surface area contributed by atoms with Gasteiger partial charge < -0.3 is 24.5 Å². The zero-order valence-corrected chi connectivity index (χ0v) is 42.6. The molecular weight excluding hydrogens is 901 g/mol. The van der Waals surface area contributed by atoms with E-state index in [0.29, 0.717) is 112 Å². The van der Waals surface area contributed by atoms with Crippen LogP contribution in [0.3, 0.4) is 0 Å². The summed E-state index contributed by atoms with van der Waals surface area (Å²) in [6.45, 7) is 16.0. The third-order valence-corrected chi connectivity index (χ3v) is 13.7. The molecule has 6 aromatic carbocycles. The summed E-state index contributed by atoms with van der Waals surface area (Å²) in [5.74, 6) is -0.570. The zero-order chi connectivity index (χ0) is 51.3. The van der Waals surface area contributed by atoms with Gasteiger partial charge in [-0.25, -0.2) is 0 Å². The lowest BCUT2D eigenvalue weighted by Gasteiger charge is -2.24. The van der Waals surface area contributed by atoms with E-state index >= 15 is 0 Å². The molecule has 12 bridgehead atoms. The molecule has 10 heterocycles.